The quantitative estimate of drug-likeness (QED) is 0.906. The van der Waals surface area contributed by atoms with E-state index in [2.05, 4.69) is 15.6 Å². The SMILES string of the molecule is Cc1cccc(C(=O)NCC(=O)Nc2nc3c(s2)CCCC3)c1. The van der Waals surface area contributed by atoms with E-state index >= 15 is 0 Å². The lowest BCUT2D eigenvalue weighted by Crippen LogP contribution is -2.32. The fraction of sp³-hybridized carbons (Fsp3) is 0.353. The van der Waals surface area contributed by atoms with Crippen LogP contribution >= 0.6 is 11.3 Å². The standard InChI is InChI=1S/C17H19N3O2S/c1-11-5-4-6-12(9-11)16(22)18-10-15(21)20-17-19-13-7-2-3-8-14(13)23-17/h4-6,9H,2-3,7-8,10H2,1H3,(H,18,22)(H,19,20,21). The maximum atomic E-state index is 12.0. The topological polar surface area (TPSA) is 71.1 Å². The zero-order valence-corrected chi connectivity index (χ0v) is 13.8. The molecule has 2 amide bonds. The van der Waals surface area contributed by atoms with Gasteiger partial charge < -0.3 is 10.6 Å². The lowest BCUT2D eigenvalue weighted by molar-refractivity contribution is -0.115. The molecule has 2 aromatic rings. The van der Waals surface area contributed by atoms with Crippen molar-refractivity contribution >= 4 is 28.3 Å². The van der Waals surface area contributed by atoms with Crippen LogP contribution in [0.3, 0.4) is 0 Å². The van der Waals surface area contributed by atoms with Crippen molar-refractivity contribution < 1.29 is 9.59 Å². The van der Waals surface area contributed by atoms with Gasteiger partial charge in [0.15, 0.2) is 5.13 Å². The summed E-state index contributed by atoms with van der Waals surface area (Å²) in [5.74, 6) is -0.501. The molecule has 120 valence electrons. The zero-order valence-electron chi connectivity index (χ0n) is 13.0. The lowest BCUT2D eigenvalue weighted by atomic mass is 10.0. The third kappa shape index (κ3) is 3.96. The molecule has 1 aliphatic carbocycles. The van der Waals surface area contributed by atoms with Gasteiger partial charge in [-0.3, -0.25) is 9.59 Å². The summed E-state index contributed by atoms with van der Waals surface area (Å²) in [5, 5.41) is 6.04. The number of aryl methyl sites for hydroxylation is 3. The normalized spacial score (nSPS) is 13.3. The summed E-state index contributed by atoms with van der Waals surface area (Å²) < 4.78 is 0. The molecule has 0 saturated heterocycles. The molecule has 0 saturated carbocycles. The summed E-state index contributed by atoms with van der Waals surface area (Å²) in [6.45, 7) is 1.87. The van der Waals surface area contributed by atoms with Crippen molar-refractivity contribution in [3.63, 3.8) is 0 Å². The van der Waals surface area contributed by atoms with Crippen molar-refractivity contribution in [3.05, 3.63) is 46.0 Å². The Hall–Kier alpha value is -2.21. The monoisotopic (exact) mass is 329 g/mol. The number of fused-ring (bicyclic) bond motifs is 1. The van der Waals surface area contributed by atoms with E-state index in [-0.39, 0.29) is 18.4 Å². The van der Waals surface area contributed by atoms with Crippen LogP contribution in [0, 0.1) is 6.92 Å². The number of carbonyl (C=O) groups is 2. The molecule has 0 spiro atoms. The van der Waals surface area contributed by atoms with Gasteiger partial charge >= 0.3 is 0 Å². The fourth-order valence-electron chi connectivity index (χ4n) is 2.62. The van der Waals surface area contributed by atoms with E-state index in [1.807, 2.05) is 19.1 Å². The van der Waals surface area contributed by atoms with E-state index in [0.29, 0.717) is 10.7 Å². The van der Waals surface area contributed by atoms with Crippen LogP contribution in [0.5, 0.6) is 0 Å². The Bertz CT molecular complexity index is 716. The van der Waals surface area contributed by atoms with E-state index in [4.69, 9.17) is 0 Å². The Morgan fingerprint density at radius 1 is 1.26 bits per heavy atom. The van der Waals surface area contributed by atoms with Crippen molar-refractivity contribution in [2.75, 3.05) is 11.9 Å². The second-order valence-corrected chi connectivity index (χ2v) is 6.78. The summed E-state index contributed by atoms with van der Waals surface area (Å²) in [6.07, 6.45) is 4.39. The second-order valence-electron chi connectivity index (χ2n) is 5.70. The van der Waals surface area contributed by atoms with E-state index in [0.717, 1.165) is 30.5 Å². The number of amides is 2. The number of rotatable bonds is 4. The Morgan fingerprint density at radius 2 is 2.09 bits per heavy atom. The number of nitrogens with zero attached hydrogens (tertiary/aromatic N) is 1. The minimum Gasteiger partial charge on any atom is -0.343 e. The van der Waals surface area contributed by atoms with E-state index < -0.39 is 0 Å². The predicted molar refractivity (Wildman–Crippen MR) is 90.9 cm³/mol. The van der Waals surface area contributed by atoms with Crippen LogP contribution in [0.1, 0.15) is 39.3 Å². The van der Waals surface area contributed by atoms with Crippen LogP contribution in [-0.4, -0.2) is 23.3 Å². The van der Waals surface area contributed by atoms with Crippen molar-refractivity contribution in [3.8, 4) is 0 Å². The first kappa shape index (κ1) is 15.7. The number of anilines is 1. The maximum Gasteiger partial charge on any atom is 0.251 e. The highest BCUT2D eigenvalue weighted by atomic mass is 32.1. The molecule has 1 aliphatic rings. The summed E-state index contributed by atoms with van der Waals surface area (Å²) in [7, 11) is 0. The minimum absolute atomic E-state index is 0.0585. The average Bonchev–Trinajstić information content (AvgIpc) is 2.94. The van der Waals surface area contributed by atoms with E-state index in [9.17, 15) is 9.59 Å². The average molecular weight is 329 g/mol. The Kier molecular flexibility index (Phi) is 4.71. The third-order valence-corrected chi connectivity index (χ3v) is 4.85. The molecule has 0 radical (unpaired) electrons. The smallest absolute Gasteiger partial charge is 0.251 e. The highest BCUT2D eigenvalue weighted by Crippen LogP contribution is 2.29. The highest BCUT2D eigenvalue weighted by molar-refractivity contribution is 7.15. The molecule has 6 heteroatoms. The fourth-order valence-corrected chi connectivity index (χ4v) is 3.68. The minimum atomic E-state index is -0.253. The molecule has 1 aromatic heterocycles. The molecular weight excluding hydrogens is 310 g/mol. The van der Waals surface area contributed by atoms with E-state index in [1.54, 1.807) is 23.5 Å². The largest absolute Gasteiger partial charge is 0.343 e. The van der Waals surface area contributed by atoms with Crippen LogP contribution in [0.2, 0.25) is 0 Å². The lowest BCUT2D eigenvalue weighted by Gasteiger charge is -2.06. The summed E-state index contributed by atoms with van der Waals surface area (Å²) >= 11 is 1.54. The molecule has 0 bridgehead atoms. The molecule has 5 nitrogen and oxygen atoms in total. The molecule has 3 rings (SSSR count). The molecule has 23 heavy (non-hydrogen) atoms. The second kappa shape index (κ2) is 6.91. The maximum absolute atomic E-state index is 12.0. The Balaban J connectivity index is 1.53. The van der Waals surface area contributed by atoms with Gasteiger partial charge in [0.25, 0.3) is 5.91 Å². The van der Waals surface area contributed by atoms with Gasteiger partial charge in [0.1, 0.15) is 0 Å². The van der Waals surface area contributed by atoms with Gasteiger partial charge in [-0.25, -0.2) is 4.98 Å². The van der Waals surface area contributed by atoms with Gasteiger partial charge in [0.2, 0.25) is 5.91 Å². The number of benzene rings is 1. The van der Waals surface area contributed by atoms with Crippen LogP contribution in [0.15, 0.2) is 24.3 Å². The molecular formula is C17H19N3O2S. The number of nitrogens with one attached hydrogen (secondary N) is 2. The summed E-state index contributed by atoms with van der Waals surface area (Å²) in [5.41, 5.74) is 2.68. The molecule has 0 fully saturated rings. The number of hydrogen-bond donors (Lipinski definition) is 2. The highest BCUT2D eigenvalue weighted by Gasteiger charge is 2.16. The van der Waals surface area contributed by atoms with E-state index in [1.165, 1.54) is 11.3 Å². The van der Waals surface area contributed by atoms with Crippen molar-refractivity contribution in [2.45, 2.75) is 32.6 Å². The molecule has 0 atom stereocenters. The van der Waals surface area contributed by atoms with Gasteiger partial charge in [-0.1, -0.05) is 17.7 Å². The van der Waals surface area contributed by atoms with Crippen molar-refractivity contribution in [2.24, 2.45) is 0 Å². The molecule has 0 unspecified atom stereocenters. The van der Waals surface area contributed by atoms with Crippen LogP contribution in [0.25, 0.3) is 0 Å². The first-order valence-electron chi connectivity index (χ1n) is 7.75. The van der Waals surface area contributed by atoms with Gasteiger partial charge in [0, 0.05) is 10.4 Å². The molecule has 1 aromatic carbocycles. The first-order chi connectivity index (χ1) is 11.1. The number of carbonyl (C=O) groups excluding carboxylic acids is 2. The molecule has 2 N–H and O–H groups in total. The first-order valence-corrected chi connectivity index (χ1v) is 8.57. The number of hydrogen-bond acceptors (Lipinski definition) is 4. The zero-order chi connectivity index (χ0) is 16.2. The Morgan fingerprint density at radius 3 is 2.87 bits per heavy atom. The van der Waals surface area contributed by atoms with Crippen LogP contribution in [0.4, 0.5) is 5.13 Å². The summed E-state index contributed by atoms with van der Waals surface area (Å²) in [4.78, 5) is 29.7. The van der Waals surface area contributed by atoms with Gasteiger partial charge in [-0.2, -0.15) is 0 Å². The van der Waals surface area contributed by atoms with Crippen molar-refractivity contribution in [1.29, 1.82) is 0 Å². The third-order valence-electron chi connectivity index (χ3n) is 3.78. The number of aromatic nitrogens is 1. The summed E-state index contributed by atoms with van der Waals surface area (Å²) in [6, 6.07) is 7.27. The Labute approximate surface area is 139 Å². The molecule has 1 heterocycles. The van der Waals surface area contributed by atoms with Crippen LogP contribution < -0.4 is 10.6 Å². The van der Waals surface area contributed by atoms with Crippen molar-refractivity contribution in [1.82, 2.24) is 10.3 Å². The predicted octanol–water partition coefficient (Wildman–Crippen LogP) is 2.70. The van der Waals surface area contributed by atoms with Gasteiger partial charge in [-0.05, 0) is 44.7 Å². The van der Waals surface area contributed by atoms with Gasteiger partial charge in [-0.15, -0.1) is 11.3 Å². The number of thiazole rings is 1. The van der Waals surface area contributed by atoms with Gasteiger partial charge in [0.05, 0.1) is 12.2 Å². The molecule has 0 aliphatic heterocycles. The van der Waals surface area contributed by atoms with Crippen LogP contribution in [-0.2, 0) is 17.6 Å².